The van der Waals surface area contributed by atoms with Crippen LogP contribution in [0.1, 0.15) is 64.2 Å². The van der Waals surface area contributed by atoms with Crippen LogP contribution in [0, 0.1) is 11.3 Å². The fraction of sp³-hybridized carbons (Fsp3) is 0.783. The van der Waals surface area contributed by atoms with Gasteiger partial charge in [0.15, 0.2) is 0 Å². The van der Waals surface area contributed by atoms with Gasteiger partial charge in [-0.2, -0.15) is 0 Å². The van der Waals surface area contributed by atoms with E-state index in [9.17, 15) is 4.79 Å². The third-order valence-corrected chi connectivity index (χ3v) is 7.31. The lowest BCUT2D eigenvalue weighted by molar-refractivity contribution is -0.134. The molecule has 4 aliphatic rings. The second-order valence-electron chi connectivity index (χ2n) is 9.14. The molecular formula is C23H35NO3. The van der Waals surface area contributed by atoms with Crippen LogP contribution in [-0.4, -0.2) is 49.8 Å². The molecule has 2 saturated carbocycles. The molecule has 1 saturated heterocycles. The second-order valence-corrected chi connectivity index (χ2v) is 9.14. The van der Waals surface area contributed by atoms with Crippen LogP contribution in [0.15, 0.2) is 23.8 Å². The lowest BCUT2D eigenvalue weighted by Crippen LogP contribution is -2.35. The summed E-state index contributed by atoms with van der Waals surface area (Å²) >= 11 is 0. The number of esters is 1. The van der Waals surface area contributed by atoms with Crippen LogP contribution >= 0.6 is 0 Å². The standard InChI is InChI=1S/C23H35NO3/c25-22-17-20(18-27-22)4-3-19-5-9-23(10-6-19)11-7-21(8-12-23)26-16-15-24-13-1-2-14-24/h3-4,17,19,21H,1-2,5-16,18H2/b4-3-. The van der Waals surface area contributed by atoms with E-state index in [4.69, 9.17) is 9.47 Å². The van der Waals surface area contributed by atoms with E-state index in [2.05, 4.69) is 17.1 Å². The average Bonchev–Trinajstić information content (AvgIpc) is 3.35. The number of carbonyl (C=O) groups excluding carboxylic acids is 1. The molecule has 0 N–H and O–H groups in total. The van der Waals surface area contributed by atoms with E-state index in [1.54, 1.807) is 6.08 Å². The summed E-state index contributed by atoms with van der Waals surface area (Å²) in [7, 11) is 0. The van der Waals surface area contributed by atoms with E-state index in [0.29, 0.717) is 24.0 Å². The lowest BCUT2D eigenvalue weighted by Gasteiger charge is -2.44. The van der Waals surface area contributed by atoms with Crippen LogP contribution in [0.5, 0.6) is 0 Å². The maximum Gasteiger partial charge on any atom is 0.331 e. The summed E-state index contributed by atoms with van der Waals surface area (Å²) in [5, 5.41) is 0. The third kappa shape index (κ3) is 5.23. The number of hydrogen-bond acceptors (Lipinski definition) is 4. The molecule has 0 amide bonds. The van der Waals surface area contributed by atoms with Crippen LogP contribution in [-0.2, 0) is 14.3 Å². The van der Waals surface area contributed by atoms with Gasteiger partial charge in [-0.3, -0.25) is 0 Å². The molecule has 0 aromatic carbocycles. The summed E-state index contributed by atoms with van der Waals surface area (Å²) in [6, 6.07) is 0. The number of carbonyl (C=O) groups is 1. The summed E-state index contributed by atoms with van der Waals surface area (Å²) in [5.74, 6) is 0.471. The van der Waals surface area contributed by atoms with E-state index in [1.807, 2.05) is 0 Å². The van der Waals surface area contributed by atoms with Crippen molar-refractivity contribution in [1.29, 1.82) is 0 Å². The molecule has 27 heavy (non-hydrogen) atoms. The SMILES string of the molecule is O=C1C=C(/C=C\C2CCC3(CC2)CCC(OCCN2CCCC2)CC3)CO1. The first-order valence-electron chi connectivity index (χ1n) is 11.1. The highest BCUT2D eigenvalue weighted by Gasteiger charge is 2.38. The highest BCUT2D eigenvalue weighted by molar-refractivity contribution is 5.85. The minimum Gasteiger partial charge on any atom is -0.458 e. The summed E-state index contributed by atoms with van der Waals surface area (Å²) < 4.78 is 11.2. The smallest absolute Gasteiger partial charge is 0.331 e. The minimum atomic E-state index is -0.198. The van der Waals surface area contributed by atoms with E-state index in [1.165, 1.54) is 77.3 Å². The highest BCUT2D eigenvalue weighted by Crippen LogP contribution is 2.49. The van der Waals surface area contributed by atoms with Gasteiger partial charge in [-0.15, -0.1) is 0 Å². The molecule has 0 atom stereocenters. The summed E-state index contributed by atoms with van der Waals surface area (Å²) in [5.41, 5.74) is 1.61. The second kappa shape index (κ2) is 8.91. The topological polar surface area (TPSA) is 38.8 Å². The van der Waals surface area contributed by atoms with Crippen LogP contribution in [0.4, 0.5) is 0 Å². The average molecular weight is 374 g/mol. The first-order valence-corrected chi connectivity index (χ1v) is 11.1. The minimum absolute atomic E-state index is 0.198. The zero-order valence-electron chi connectivity index (χ0n) is 16.7. The highest BCUT2D eigenvalue weighted by atomic mass is 16.5. The normalized spacial score (nSPS) is 35.1. The Labute approximate surface area is 164 Å². The number of likely N-dealkylation sites (tertiary alicyclic amines) is 1. The van der Waals surface area contributed by atoms with Crippen molar-refractivity contribution in [1.82, 2.24) is 4.90 Å². The molecule has 4 heteroatoms. The Balaban J connectivity index is 1.15. The van der Waals surface area contributed by atoms with Gasteiger partial charge in [0.2, 0.25) is 0 Å². The van der Waals surface area contributed by atoms with Crippen molar-refractivity contribution in [3.8, 4) is 0 Å². The number of allylic oxidation sites excluding steroid dienone is 1. The number of hydrogen-bond donors (Lipinski definition) is 0. The van der Waals surface area contributed by atoms with E-state index < -0.39 is 0 Å². The van der Waals surface area contributed by atoms with Crippen molar-refractivity contribution in [3.63, 3.8) is 0 Å². The van der Waals surface area contributed by atoms with Crippen molar-refractivity contribution >= 4 is 5.97 Å². The molecule has 150 valence electrons. The fourth-order valence-electron chi connectivity index (χ4n) is 5.42. The van der Waals surface area contributed by atoms with E-state index in [0.717, 1.165) is 18.7 Å². The largest absolute Gasteiger partial charge is 0.458 e. The molecule has 0 aromatic heterocycles. The van der Waals surface area contributed by atoms with Crippen molar-refractivity contribution in [2.24, 2.45) is 11.3 Å². The molecule has 0 radical (unpaired) electrons. The van der Waals surface area contributed by atoms with E-state index in [-0.39, 0.29) is 5.97 Å². The monoisotopic (exact) mass is 373 g/mol. The van der Waals surface area contributed by atoms with Crippen LogP contribution in [0.25, 0.3) is 0 Å². The van der Waals surface area contributed by atoms with Gasteiger partial charge in [-0.1, -0.05) is 12.2 Å². The van der Waals surface area contributed by atoms with Crippen LogP contribution < -0.4 is 0 Å². The molecule has 2 aliphatic heterocycles. The Hall–Kier alpha value is -1.13. The van der Waals surface area contributed by atoms with Gasteiger partial charge in [-0.05, 0) is 94.2 Å². The van der Waals surface area contributed by atoms with Gasteiger partial charge in [0, 0.05) is 12.6 Å². The predicted molar refractivity (Wildman–Crippen MR) is 106 cm³/mol. The molecule has 4 nitrogen and oxygen atoms in total. The van der Waals surface area contributed by atoms with Crippen molar-refractivity contribution in [2.75, 3.05) is 32.8 Å². The summed E-state index contributed by atoms with van der Waals surface area (Å²) in [6.07, 6.45) is 19.8. The number of cyclic esters (lactones) is 1. The Kier molecular flexibility index (Phi) is 6.34. The van der Waals surface area contributed by atoms with Crippen molar-refractivity contribution in [2.45, 2.75) is 70.3 Å². The zero-order valence-corrected chi connectivity index (χ0v) is 16.7. The molecule has 1 spiro atoms. The third-order valence-electron chi connectivity index (χ3n) is 7.31. The maximum absolute atomic E-state index is 11.1. The number of nitrogens with zero attached hydrogens (tertiary/aromatic N) is 1. The number of ether oxygens (including phenoxy) is 2. The maximum atomic E-state index is 11.1. The molecule has 0 bridgehead atoms. The van der Waals surface area contributed by atoms with Crippen LogP contribution in [0.3, 0.4) is 0 Å². The fourth-order valence-corrected chi connectivity index (χ4v) is 5.42. The first kappa shape index (κ1) is 19.2. The Morgan fingerprint density at radius 1 is 1.11 bits per heavy atom. The van der Waals surface area contributed by atoms with Gasteiger partial charge in [0.05, 0.1) is 12.7 Å². The van der Waals surface area contributed by atoms with Crippen LogP contribution in [0.2, 0.25) is 0 Å². The Bertz CT molecular complexity index is 558. The lowest BCUT2D eigenvalue weighted by atomic mass is 9.63. The molecular weight excluding hydrogens is 338 g/mol. The summed E-state index contributed by atoms with van der Waals surface area (Å²) in [4.78, 5) is 13.7. The van der Waals surface area contributed by atoms with Gasteiger partial charge in [-0.25, -0.2) is 4.79 Å². The van der Waals surface area contributed by atoms with Gasteiger partial charge in [0.25, 0.3) is 0 Å². The zero-order chi connectivity index (χ0) is 18.5. The van der Waals surface area contributed by atoms with Gasteiger partial charge in [0.1, 0.15) is 6.61 Å². The molecule has 3 fully saturated rings. The molecule has 2 heterocycles. The first-order chi connectivity index (χ1) is 13.2. The van der Waals surface area contributed by atoms with Crippen molar-refractivity contribution in [3.05, 3.63) is 23.8 Å². The van der Waals surface area contributed by atoms with Crippen molar-refractivity contribution < 1.29 is 14.3 Å². The Morgan fingerprint density at radius 3 is 2.48 bits per heavy atom. The van der Waals surface area contributed by atoms with Gasteiger partial charge >= 0.3 is 5.97 Å². The van der Waals surface area contributed by atoms with Gasteiger partial charge < -0.3 is 14.4 Å². The number of rotatable bonds is 6. The summed E-state index contributed by atoms with van der Waals surface area (Å²) in [6.45, 7) is 5.04. The Morgan fingerprint density at radius 2 is 1.81 bits per heavy atom. The molecule has 2 aliphatic carbocycles. The van der Waals surface area contributed by atoms with E-state index >= 15 is 0 Å². The molecule has 4 rings (SSSR count). The molecule has 0 aromatic rings. The molecule has 0 unspecified atom stereocenters. The quantitative estimate of drug-likeness (QED) is 0.652. The predicted octanol–water partition coefficient (Wildman–Crippen LogP) is 4.26.